The molecule has 0 aromatic heterocycles. The Morgan fingerprint density at radius 3 is 2.29 bits per heavy atom. The first kappa shape index (κ1) is 14.4. The number of likely N-dealkylation sites (N-methyl/N-ethyl adjacent to an activating group) is 1. The van der Waals surface area contributed by atoms with Crippen molar-refractivity contribution in [2.75, 3.05) is 38.7 Å². The highest BCUT2D eigenvalue weighted by atomic mass is 32.2. The van der Waals surface area contributed by atoms with Gasteiger partial charge in [-0.2, -0.15) is 0 Å². The lowest BCUT2D eigenvalue weighted by Gasteiger charge is -2.34. The monoisotopic (exact) mass is 264 g/mol. The van der Waals surface area contributed by atoms with Gasteiger partial charge in [0.05, 0.1) is 11.5 Å². The Morgan fingerprint density at radius 2 is 1.88 bits per heavy atom. The summed E-state index contributed by atoms with van der Waals surface area (Å²) in [7, 11) is 0.764. The summed E-state index contributed by atoms with van der Waals surface area (Å²) in [5.41, 5.74) is -1.07. The van der Waals surface area contributed by atoms with Gasteiger partial charge in [-0.05, 0) is 26.9 Å². The summed E-state index contributed by atoms with van der Waals surface area (Å²) in [6.07, 6.45) is 0.302. The van der Waals surface area contributed by atoms with Gasteiger partial charge in [-0.3, -0.25) is 4.79 Å². The number of carboxylic acids is 1. The molecule has 1 saturated heterocycles. The van der Waals surface area contributed by atoms with Gasteiger partial charge in [0.1, 0.15) is 15.4 Å². The molecule has 1 rings (SSSR count). The number of rotatable bonds is 5. The van der Waals surface area contributed by atoms with Crippen LogP contribution in [0, 0.1) is 0 Å². The van der Waals surface area contributed by atoms with Gasteiger partial charge in [-0.25, -0.2) is 8.42 Å². The van der Waals surface area contributed by atoms with E-state index in [1.165, 1.54) is 0 Å². The average Bonchev–Trinajstić information content (AvgIpc) is 2.20. The highest BCUT2D eigenvalue weighted by molar-refractivity contribution is 7.91. The van der Waals surface area contributed by atoms with Crippen LogP contribution in [0.15, 0.2) is 0 Å². The molecule has 0 atom stereocenters. The molecule has 0 aliphatic carbocycles. The van der Waals surface area contributed by atoms with Crippen molar-refractivity contribution >= 4 is 15.8 Å². The first-order valence-electron chi connectivity index (χ1n) is 5.61. The van der Waals surface area contributed by atoms with Crippen LogP contribution in [0.4, 0.5) is 0 Å². The van der Waals surface area contributed by atoms with E-state index in [9.17, 15) is 18.3 Å². The van der Waals surface area contributed by atoms with Crippen molar-refractivity contribution in [2.45, 2.75) is 18.4 Å². The second-order valence-corrected chi connectivity index (χ2v) is 7.07. The van der Waals surface area contributed by atoms with Crippen molar-refractivity contribution < 1.29 is 18.3 Å². The van der Waals surface area contributed by atoms with Gasteiger partial charge in [-0.15, -0.1) is 0 Å². The lowest BCUT2D eigenvalue weighted by Crippen LogP contribution is -2.57. The van der Waals surface area contributed by atoms with Gasteiger partial charge in [-0.1, -0.05) is 0 Å². The fraction of sp³-hybridized carbons (Fsp3) is 0.900. The largest absolute Gasteiger partial charge is 0.480 e. The maximum absolute atomic E-state index is 11.3. The van der Waals surface area contributed by atoms with E-state index in [-0.39, 0.29) is 24.3 Å². The molecule has 17 heavy (non-hydrogen) atoms. The van der Waals surface area contributed by atoms with Gasteiger partial charge in [0.2, 0.25) is 0 Å². The molecule has 7 heteroatoms. The van der Waals surface area contributed by atoms with Gasteiger partial charge in [0.25, 0.3) is 0 Å². The van der Waals surface area contributed by atoms with Crippen LogP contribution in [0.3, 0.4) is 0 Å². The van der Waals surface area contributed by atoms with Gasteiger partial charge < -0.3 is 15.3 Å². The van der Waals surface area contributed by atoms with Crippen molar-refractivity contribution in [3.8, 4) is 0 Å². The van der Waals surface area contributed by atoms with Crippen LogP contribution < -0.4 is 5.32 Å². The molecular weight excluding hydrogens is 244 g/mol. The maximum Gasteiger partial charge on any atom is 0.323 e. The number of nitrogens with zero attached hydrogens (tertiary/aromatic N) is 1. The summed E-state index contributed by atoms with van der Waals surface area (Å²) in [4.78, 5) is 13.2. The number of hydrogen-bond acceptors (Lipinski definition) is 5. The molecule has 1 fully saturated rings. The number of sulfone groups is 1. The molecule has 0 bridgehead atoms. The molecule has 1 aliphatic rings. The Bertz CT molecular complexity index is 364. The zero-order valence-corrected chi connectivity index (χ0v) is 11.1. The summed E-state index contributed by atoms with van der Waals surface area (Å²) < 4.78 is 22.6. The first-order valence-corrected chi connectivity index (χ1v) is 7.43. The summed E-state index contributed by atoms with van der Waals surface area (Å²) in [5, 5.41) is 12.3. The summed E-state index contributed by atoms with van der Waals surface area (Å²) in [6.45, 7) is 1.27. The lowest BCUT2D eigenvalue weighted by molar-refractivity contribution is -0.145. The Balaban J connectivity index is 2.62. The third kappa shape index (κ3) is 3.93. The van der Waals surface area contributed by atoms with E-state index in [1.807, 2.05) is 19.0 Å². The lowest BCUT2D eigenvalue weighted by atomic mass is 9.92. The van der Waals surface area contributed by atoms with E-state index in [4.69, 9.17) is 0 Å². The minimum atomic E-state index is -3.04. The summed E-state index contributed by atoms with van der Waals surface area (Å²) >= 11 is 0. The molecule has 100 valence electrons. The standard InChI is InChI=1S/C10H20N2O4S/c1-12(2)6-5-11-10(9(13)14)3-7-17(15,16)8-4-10/h11H,3-8H2,1-2H3,(H,13,14). The molecular formula is C10H20N2O4S. The van der Waals surface area contributed by atoms with Gasteiger partial charge in [0.15, 0.2) is 0 Å². The molecule has 0 radical (unpaired) electrons. The molecule has 2 N–H and O–H groups in total. The molecule has 0 spiro atoms. The number of hydrogen-bond donors (Lipinski definition) is 2. The number of nitrogens with one attached hydrogen (secondary N) is 1. The van der Waals surface area contributed by atoms with Gasteiger partial charge in [0, 0.05) is 13.1 Å². The maximum atomic E-state index is 11.3. The third-order valence-electron chi connectivity index (χ3n) is 3.11. The second-order valence-electron chi connectivity index (χ2n) is 4.77. The van der Waals surface area contributed by atoms with Crippen LogP contribution in [-0.4, -0.2) is 68.6 Å². The predicted molar refractivity (Wildman–Crippen MR) is 64.8 cm³/mol. The van der Waals surface area contributed by atoms with E-state index in [0.717, 1.165) is 6.54 Å². The fourth-order valence-corrected chi connectivity index (χ4v) is 3.39. The van der Waals surface area contributed by atoms with Crippen LogP contribution in [0.2, 0.25) is 0 Å². The van der Waals surface area contributed by atoms with Gasteiger partial charge >= 0.3 is 5.97 Å². The molecule has 0 saturated carbocycles. The SMILES string of the molecule is CN(C)CCNC1(C(=O)O)CCS(=O)(=O)CC1. The Kier molecular flexibility index (Phi) is 4.51. The summed E-state index contributed by atoms with van der Waals surface area (Å²) in [5.74, 6) is -1.05. The summed E-state index contributed by atoms with van der Waals surface area (Å²) in [6, 6.07) is 0. The number of aliphatic carboxylic acids is 1. The van der Waals surface area contributed by atoms with Crippen LogP contribution in [0.5, 0.6) is 0 Å². The molecule has 0 aromatic carbocycles. The van der Waals surface area contributed by atoms with Crippen molar-refractivity contribution in [3.63, 3.8) is 0 Å². The van der Waals surface area contributed by atoms with E-state index >= 15 is 0 Å². The second kappa shape index (κ2) is 5.32. The Morgan fingerprint density at radius 1 is 1.35 bits per heavy atom. The van der Waals surface area contributed by atoms with Crippen LogP contribution in [0.1, 0.15) is 12.8 Å². The van der Waals surface area contributed by atoms with E-state index in [2.05, 4.69) is 5.32 Å². The Hall–Kier alpha value is -0.660. The van der Waals surface area contributed by atoms with Crippen molar-refractivity contribution in [2.24, 2.45) is 0 Å². The van der Waals surface area contributed by atoms with E-state index in [0.29, 0.717) is 6.54 Å². The van der Waals surface area contributed by atoms with Crippen molar-refractivity contribution in [3.05, 3.63) is 0 Å². The molecule has 0 amide bonds. The zero-order valence-electron chi connectivity index (χ0n) is 10.3. The van der Waals surface area contributed by atoms with E-state index in [1.54, 1.807) is 0 Å². The number of carboxylic acid groups (broad SMARTS) is 1. The minimum absolute atomic E-state index is 0.0474. The highest BCUT2D eigenvalue weighted by Gasteiger charge is 2.43. The smallest absolute Gasteiger partial charge is 0.323 e. The zero-order chi connectivity index (χ0) is 13.1. The molecule has 0 aromatic rings. The first-order chi connectivity index (χ1) is 7.77. The average molecular weight is 264 g/mol. The number of carbonyl (C=O) groups is 1. The minimum Gasteiger partial charge on any atom is -0.480 e. The molecule has 0 unspecified atom stereocenters. The highest BCUT2D eigenvalue weighted by Crippen LogP contribution is 2.24. The quantitative estimate of drug-likeness (QED) is 0.674. The molecule has 1 aliphatic heterocycles. The normalized spacial score (nSPS) is 22.5. The van der Waals surface area contributed by atoms with Crippen LogP contribution in [0.25, 0.3) is 0 Å². The predicted octanol–water partition coefficient (Wildman–Crippen LogP) is -0.830. The molecule has 1 heterocycles. The fourth-order valence-electron chi connectivity index (χ4n) is 1.87. The van der Waals surface area contributed by atoms with Crippen molar-refractivity contribution in [1.29, 1.82) is 0 Å². The van der Waals surface area contributed by atoms with Crippen molar-refractivity contribution in [1.82, 2.24) is 10.2 Å². The van der Waals surface area contributed by atoms with E-state index < -0.39 is 21.3 Å². The molecule has 6 nitrogen and oxygen atoms in total. The third-order valence-corrected chi connectivity index (χ3v) is 4.76. The van der Waals surface area contributed by atoms with Crippen LogP contribution in [-0.2, 0) is 14.6 Å². The topological polar surface area (TPSA) is 86.7 Å². The Labute approximate surface area is 102 Å². The van der Waals surface area contributed by atoms with Crippen LogP contribution >= 0.6 is 0 Å².